The lowest BCUT2D eigenvalue weighted by molar-refractivity contribution is -0.161. The van der Waals surface area contributed by atoms with Crippen LogP contribution in [0.4, 0.5) is 0 Å². The average molecular weight is 913 g/mol. The minimum absolute atomic E-state index is 0.0717. The normalized spacial score (nSPS) is 15.5. The Morgan fingerprint density at radius 2 is 1.03 bits per heavy atom. The van der Waals surface area contributed by atoms with Crippen LogP contribution >= 0.6 is 15.6 Å². The van der Waals surface area contributed by atoms with Gasteiger partial charge in [-0.3, -0.25) is 23.2 Å². The molecule has 0 saturated carbocycles. The first kappa shape index (κ1) is 58.7. The number of phosphoric acid groups is 2. The van der Waals surface area contributed by atoms with E-state index < -0.39 is 72.3 Å². The number of hydrogen-bond acceptors (Lipinski definition) is 11. The molecule has 0 amide bonds. The van der Waals surface area contributed by atoms with Gasteiger partial charge >= 0.3 is 27.6 Å². The van der Waals surface area contributed by atoms with Crippen molar-refractivity contribution in [3.05, 3.63) is 109 Å². The van der Waals surface area contributed by atoms with Crippen LogP contribution in [0, 0.1) is 0 Å². The molecule has 0 saturated heterocycles. The summed E-state index contributed by atoms with van der Waals surface area (Å²) in [4.78, 5) is 52.7. The van der Waals surface area contributed by atoms with Crippen molar-refractivity contribution < 1.29 is 66.7 Å². The van der Waals surface area contributed by atoms with E-state index in [4.69, 9.17) is 23.8 Å². The number of hydrogen-bond donors (Lipinski definition) is 5. The van der Waals surface area contributed by atoms with Gasteiger partial charge in [-0.2, -0.15) is 0 Å². The highest BCUT2D eigenvalue weighted by Crippen LogP contribution is 2.43. The van der Waals surface area contributed by atoms with Crippen LogP contribution < -0.4 is 0 Å². The summed E-state index contributed by atoms with van der Waals surface area (Å²) in [5.41, 5.74) is 0. The van der Waals surface area contributed by atoms with Gasteiger partial charge in [-0.1, -0.05) is 136 Å². The summed E-state index contributed by atoms with van der Waals surface area (Å²) in [6.07, 6.45) is 45.4. The molecule has 0 aromatic rings. The maximum atomic E-state index is 12.7. The Morgan fingerprint density at radius 3 is 1.65 bits per heavy atom. The summed E-state index contributed by atoms with van der Waals surface area (Å²) in [6.45, 7) is 1.32. The molecule has 0 aliphatic carbocycles. The van der Waals surface area contributed by atoms with Gasteiger partial charge in [0.15, 0.2) is 6.10 Å². The minimum atomic E-state index is -4.88. The Morgan fingerprint density at radius 1 is 0.532 bits per heavy atom. The highest BCUT2D eigenvalue weighted by molar-refractivity contribution is 7.47. The van der Waals surface area contributed by atoms with Crippen molar-refractivity contribution in [2.75, 3.05) is 26.4 Å². The molecule has 0 spiro atoms. The predicted octanol–water partition coefficient (Wildman–Crippen LogP) is 10.1. The Kier molecular flexibility index (Phi) is 38.4. The van der Waals surface area contributed by atoms with Gasteiger partial charge < -0.3 is 34.4 Å². The lowest BCUT2D eigenvalue weighted by Gasteiger charge is -2.20. The Labute approximate surface area is 370 Å². The summed E-state index contributed by atoms with van der Waals surface area (Å²) < 4.78 is 47.7. The highest BCUT2D eigenvalue weighted by Gasteiger charge is 2.28. The molecule has 2 unspecified atom stereocenters. The van der Waals surface area contributed by atoms with E-state index in [1.807, 2.05) is 36.5 Å². The van der Waals surface area contributed by atoms with E-state index in [2.05, 4.69) is 83.7 Å². The minimum Gasteiger partial charge on any atom is -0.462 e. The third-order valence-electron chi connectivity index (χ3n) is 8.23. The fourth-order valence-electron chi connectivity index (χ4n) is 4.99. The summed E-state index contributed by atoms with van der Waals surface area (Å²) in [6, 6.07) is 0. The van der Waals surface area contributed by atoms with Crippen LogP contribution in [0.3, 0.4) is 0 Å². The number of carbonyl (C=O) groups is 2. The number of ether oxygens (including phenoxy) is 2. The van der Waals surface area contributed by atoms with Crippen LogP contribution in [0.25, 0.3) is 0 Å². The number of allylic oxidation sites excluding steroid dienone is 16. The van der Waals surface area contributed by atoms with Crippen molar-refractivity contribution in [1.29, 1.82) is 0 Å². The second-order valence-corrected chi connectivity index (χ2v) is 16.7. The molecule has 0 rings (SSSR count). The van der Waals surface area contributed by atoms with Crippen LogP contribution in [0.15, 0.2) is 109 Å². The monoisotopic (exact) mass is 912 g/mol. The largest absolute Gasteiger partial charge is 0.472 e. The number of phosphoric ester groups is 2. The first-order chi connectivity index (χ1) is 29.8. The second-order valence-electron chi connectivity index (χ2n) is 14.1. The molecule has 0 aromatic heterocycles. The first-order valence-electron chi connectivity index (χ1n) is 21.7. The average Bonchev–Trinajstić information content (AvgIpc) is 3.23. The fraction of sp³-hybridized carbons (Fsp3) is 0.565. The zero-order chi connectivity index (χ0) is 46.0. The molecule has 62 heavy (non-hydrogen) atoms. The van der Waals surface area contributed by atoms with Gasteiger partial charge in [0.2, 0.25) is 0 Å². The lowest BCUT2D eigenvalue weighted by Crippen LogP contribution is -2.30. The number of esters is 2. The van der Waals surface area contributed by atoms with Crippen molar-refractivity contribution in [2.45, 2.75) is 141 Å². The lowest BCUT2D eigenvalue weighted by atomic mass is 10.1. The molecule has 5 N–H and O–H groups in total. The second kappa shape index (κ2) is 40.5. The molecule has 14 nitrogen and oxygen atoms in total. The summed E-state index contributed by atoms with van der Waals surface area (Å²) in [5.74, 6) is -1.18. The fourth-order valence-corrected chi connectivity index (χ4v) is 6.14. The standard InChI is InChI=1S/C46H74O14P2/c1-3-5-7-9-11-12-13-14-15-16-17-18-19-20-25-29-33-37-46(50)60-44(41-59-62(54,55)58-39-43(48)38-57-61(51,52)53)40-56-45(49)36-32-28-24-22-21-23-27-31-35-42(47)34-30-26-10-8-6-4-2/h5-8,11-12,14-15,17-18,22-24,26-27,30-31,35,42-44,47-48H,3-4,9-10,13,16,19-21,25,28-29,32-34,36-41H2,1-2H3,(H,54,55)(H2,51,52,53)/b7-5-,8-6-,12-11-,15-14-,18-17-,24-22-,27-23-,30-26-,35-31+/t42?,43-,44+/m0/s1. The van der Waals surface area contributed by atoms with Crippen molar-refractivity contribution >= 4 is 27.6 Å². The van der Waals surface area contributed by atoms with Gasteiger partial charge in [-0.15, -0.1) is 0 Å². The molecule has 352 valence electrons. The SMILES string of the molecule is CC/C=C\C/C=C\C/C=C\C/C=C\CCCCCCC(=O)O[C@H](COC(=O)CCC/C=C\C/C=C\C=C\C(O)C/C=C\C/C=C\CC)COP(=O)(O)OC[C@@H](O)COP(=O)(O)O. The third-order valence-corrected chi connectivity index (χ3v) is 9.66. The van der Waals surface area contributed by atoms with Crippen molar-refractivity contribution in [3.63, 3.8) is 0 Å². The molecule has 16 heteroatoms. The molecule has 0 aliphatic rings. The molecular weight excluding hydrogens is 838 g/mol. The van der Waals surface area contributed by atoms with Gasteiger partial charge in [-0.25, -0.2) is 9.13 Å². The Bertz CT molecular complexity index is 1520. The van der Waals surface area contributed by atoms with Crippen LogP contribution in [0.1, 0.15) is 123 Å². The van der Waals surface area contributed by atoms with Crippen LogP contribution in [-0.2, 0) is 41.8 Å². The van der Waals surface area contributed by atoms with E-state index in [1.165, 1.54) is 0 Å². The molecule has 4 atom stereocenters. The Balaban J connectivity index is 4.74. The number of carbonyl (C=O) groups excluding carboxylic acids is 2. The maximum absolute atomic E-state index is 12.7. The molecular formula is C46H74O14P2. The number of aliphatic hydroxyl groups excluding tert-OH is 2. The predicted molar refractivity (Wildman–Crippen MR) is 245 cm³/mol. The van der Waals surface area contributed by atoms with E-state index in [0.717, 1.165) is 64.2 Å². The summed E-state index contributed by atoms with van der Waals surface area (Å²) >= 11 is 0. The highest BCUT2D eigenvalue weighted by atomic mass is 31.2. The molecule has 0 fully saturated rings. The first-order valence-corrected chi connectivity index (χ1v) is 24.7. The zero-order valence-corrected chi connectivity index (χ0v) is 38.6. The van der Waals surface area contributed by atoms with Crippen molar-refractivity contribution in [3.8, 4) is 0 Å². The van der Waals surface area contributed by atoms with Gasteiger partial charge in [0.05, 0.1) is 25.9 Å². The van der Waals surface area contributed by atoms with E-state index in [9.17, 15) is 33.8 Å². The van der Waals surface area contributed by atoms with Crippen molar-refractivity contribution in [1.82, 2.24) is 0 Å². The van der Waals surface area contributed by atoms with E-state index in [0.29, 0.717) is 32.1 Å². The number of aliphatic hydroxyl groups is 2. The molecule has 0 aromatic carbocycles. The molecule has 0 bridgehead atoms. The van der Waals surface area contributed by atoms with Gasteiger partial charge in [0.25, 0.3) is 0 Å². The molecule has 0 aliphatic heterocycles. The van der Waals surface area contributed by atoms with Gasteiger partial charge in [0, 0.05) is 12.8 Å². The third kappa shape index (κ3) is 43.4. The molecule has 0 radical (unpaired) electrons. The quantitative estimate of drug-likeness (QED) is 0.0128. The molecule has 0 heterocycles. The smallest absolute Gasteiger partial charge is 0.462 e. The van der Waals surface area contributed by atoms with Crippen LogP contribution in [0.5, 0.6) is 0 Å². The summed E-state index contributed by atoms with van der Waals surface area (Å²) in [5, 5.41) is 19.8. The van der Waals surface area contributed by atoms with Crippen LogP contribution in [0.2, 0.25) is 0 Å². The van der Waals surface area contributed by atoms with E-state index in [1.54, 1.807) is 12.2 Å². The van der Waals surface area contributed by atoms with Crippen LogP contribution in [-0.4, -0.2) is 81.6 Å². The van der Waals surface area contributed by atoms with Gasteiger partial charge in [0.1, 0.15) is 12.7 Å². The zero-order valence-electron chi connectivity index (χ0n) is 36.8. The number of unbranched alkanes of at least 4 members (excludes halogenated alkanes) is 5. The van der Waals surface area contributed by atoms with E-state index in [-0.39, 0.29) is 12.8 Å². The Hall–Kier alpha value is -3.26. The van der Waals surface area contributed by atoms with Crippen molar-refractivity contribution in [2.24, 2.45) is 0 Å². The summed E-state index contributed by atoms with van der Waals surface area (Å²) in [7, 11) is -9.73. The van der Waals surface area contributed by atoms with E-state index >= 15 is 0 Å². The maximum Gasteiger partial charge on any atom is 0.472 e. The topological polar surface area (TPSA) is 216 Å². The van der Waals surface area contributed by atoms with Gasteiger partial charge in [-0.05, 0) is 83.5 Å². The number of rotatable bonds is 39.